The maximum atomic E-state index is 8.73. The van der Waals surface area contributed by atoms with Crippen LogP contribution in [0.15, 0.2) is 0 Å². The van der Waals surface area contributed by atoms with Crippen molar-refractivity contribution in [1.82, 2.24) is 0 Å². The lowest BCUT2D eigenvalue weighted by Crippen LogP contribution is -2.23. The Balaban J connectivity index is 3.10. The standard InChI is InChI=1S/C5H13NO2/c1-4(6)3-5(7)8-2/h4-5,7H,3,6H2,1-2H3/t4-,5?/m1/s1. The van der Waals surface area contributed by atoms with Crippen LogP contribution in [0, 0.1) is 0 Å². The summed E-state index contributed by atoms with van der Waals surface area (Å²) in [6, 6.07) is 0.00458. The number of aliphatic hydroxyl groups is 1. The van der Waals surface area contributed by atoms with Crippen LogP contribution in [0.5, 0.6) is 0 Å². The van der Waals surface area contributed by atoms with Crippen LogP contribution in [0.25, 0.3) is 0 Å². The van der Waals surface area contributed by atoms with E-state index < -0.39 is 6.29 Å². The SMILES string of the molecule is COC(O)C[C@@H](C)N. The topological polar surface area (TPSA) is 55.5 Å². The van der Waals surface area contributed by atoms with E-state index in [-0.39, 0.29) is 6.04 Å². The van der Waals surface area contributed by atoms with Crippen molar-refractivity contribution in [1.29, 1.82) is 0 Å². The molecular formula is C5H13NO2. The lowest BCUT2D eigenvalue weighted by Gasteiger charge is -2.09. The highest BCUT2D eigenvalue weighted by atomic mass is 16.6. The predicted molar refractivity (Wildman–Crippen MR) is 31.3 cm³/mol. The quantitative estimate of drug-likeness (QED) is 0.501. The average molecular weight is 119 g/mol. The fraction of sp³-hybridized carbons (Fsp3) is 1.00. The number of hydrogen-bond donors (Lipinski definition) is 2. The molecule has 0 aliphatic heterocycles. The fourth-order valence-electron chi connectivity index (χ4n) is 0.414. The van der Waals surface area contributed by atoms with Crippen LogP contribution in [0.4, 0.5) is 0 Å². The van der Waals surface area contributed by atoms with Crippen LogP contribution < -0.4 is 5.73 Å². The van der Waals surface area contributed by atoms with E-state index in [1.165, 1.54) is 7.11 Å². The third kappa shape index (κ3) is 4.05. The van der Waals surface area contributed by atoms with Gasteiger partial charge in [0, 0.05) is 19.6 Å². The van der Waals surface area contributed by atoms with Crippen LogP contribution in [0.2, 0.25) is 0 Å². The van der Waals surface area contributed by atoms with Crippen LogP contribution in [0.1, 0.15) is 13.3 Å². The molecule has 50 valence electrons. The Morgan fingerprint density at radius 3 is 2.38 bits per heavy atom. The molecule has 0 heterocycles. The van der Waals surface area contributed by atoms with Gasteiger partial charge in [-0.05, 0) is 6.92 Å². The van der Waals surface area contributed by atoms with Gasteiger partial charge in [0.1, 0.15) is 0 Å². The molecule has 0 fully saturated rings. The van der Waals surface area contributed by atoms with Crippen LogP contribution in [-0.2, 0) is 4.74 Å². The Morgan fingerprint density at radius 1 is 1.75 bits per heavy atom. The van der Waals surface area contributed by atoms with Crippen molar-refractivity contribution >= 4 is 0 Å². The highest BCUT2D eigenvalue weighted by molar-refractivity contribution is 4.53. The van der Waals surface area contributed by atoms with E-state index in [1.807, 2.05) is 6.92 Å². The van der Waals surface area contributed by atoms with Crippen molar-refractivity contribution < 1.29 is 9.84 Å². The van der Waals surface area contributed by atoms with Crippen molar-refractivity contribution in [3.05, 3.63) is 0 Å². The highest BCUT2D eigenvalue weighted by Gasteiger charge is 2.02. The molecule has 0 aliphatic carbocycles. The highest BCUT2D eigenvalue weighted by Crippen LogP contribution is 1.93. The van der Waals surface area contributed by atoms with E-state index in [1.54, 1.807) is 0 Å². The Morgan fingerprint density at radius 2 is 2.25 bits per heavy atom. The second kappa shape index (κ2) is 3.83. The molecule has 0 bridgehead atoms. The molecule has 3 N–H and O–H groups in total. The molecule has 1 unspecified atom stereocenters. The number of ether oxygens (including phenoxy) is 1. The summed E-state index contributed by atoms with van der Waals surface area (Å²) in [4.78, 5) is 0. The Kier molecular flexibility index (Phi) is 3.77. The number of aliphatic hydroxyl groups excluding tert-OH is 1. The zero-order valence-electron chi connectivity index (χ0n) is 5.29. The van der Waals surface area contributed by atoms with Gasteiger partial charge in [0.15, 0.2) is 6.29 Å². The number of hydrogen-bond acceptors (Lipinski definition) is 3. The van der Waals surface area contributed by atoms with E-state index in [4.69, 9.17) is 10.8 Å². The largest absolute Gasteiger partial charge is 0.368 e. The van der Waals surface area contributed by atoms with Gasteiger partial charge in [-0.3, -0.25) is 0 Å². The molecule has 0 radical (unpaired) electrons. The first-order valence-electron chi connectivity index (χ1n) is 2.63. The van der Waals surface area contributed by atoms with Crippen molar-refractivity contribution in [2.75, 3.05) is 7.11 Å². The number of nitrogens with two attached hydrogens (primary N) is 1. The van der Waals surface area contributed by atoms with Crippen molar-refractivity contribution in [2.45, 2.75) is 25.7 Å². The summed E-state index contributed by atoms with van der Waals surface area (Å²) >= 11 is 0. The van der Waals surface area contributed by atoms with Gasteiger partial charge in [0.2, 0.25) is 0 Å². The summed E-state index contributed by atoms with van der Waals surface area (Å²) < 4.78 is 4.54. The maximum absolute atomic E-state index is 8.73. The zero-order valence-corrected chi connectivity index (χ0v) is 5.29. The Labute approximate surface area is 49.4 Å². The van der Waals surface area contributed by atoms with Crippen molar-refractivity contribution in [2.24, 2.45) is 5.73 Å². The molecule has 3 nitrogen and oxygen atoms in total. The normalized spacial score (nSPS) is 18.0. The number of methoxy groups -OCH3 is 1. The summed E-state index contributed by atoms with van der Waals surface area (Å²) in [5, 5.41) is 8.73. The molecule has 0 saturated heterocycles. The smallest absolute Gasteiger partial charge is 0.155 e. The van der Waals surface area contributed by atoms with Gasteiger partial charge in [-0.1, -0.05) is 0 Å². The molecule has 0 aromatic rings. The third-order valence-electron chi connectivity index (χ3n) is 0.845. The van der Waals surface area contributed by atoms with E-state index in [9.17, 15) is 0 Å². The summed E-state index contributed by atoms with van der Waals surface area (Å²) in [6.07, 6.45) is -0.203. The Bertz CT molecular complexity index is 56.4. The molecule has 3 heteroatoms. The summed E-state index contributed by atoms with van der Waals surface area (Å²) in [5.41, 5.74) is 5.33. The molecule has 2 atom stereocenters. The third-order valence-corrected chi connectivity index (χ3v) is 0.845. The second-order valence-electron chi connectivity index (χ2n) is 1.90. The van der Waals surface area contributed by atoms with Crippen LogP contribution >= 0.6 is 0 Å². The maximum Gasteiger partial charge on any atom is 0.155 e. The summed E-state index contributed by atoms with van der Waals surface area (Å²) in [7, 11) is 1.45. The molecular weight excluding hydrogens is 106 g/mol. The monoisotopic (exact) mass is 119 g/mol. The van der Waals surface area contributed by atoms with Gasteiger partial charge < -0.3 is 15.6 Å². The second-order valence-corrected chi connectivity index (χ2v) is 1.90. The Hall–Kier alpha value is -0.120. The molecule has 0 rings (SSSR count). The predicted octanol–water partition coefficient (Wildman–Crippen LogP) is -0.312. The van der Waals surface area contributed by atoms with Crippen molar-refractivity contribution in [3.63, 3.8) is 0 Å². The van der Waals surface area contributed by atoms with E-state index in [2.05, 4.69) is 4.74 Å². The van der Waals surface area contributed by atoms with Gasteiger partial charge >= 0.3 is 0 Å². The summed E-state index contributed by atoms with van der Waals surface area (Å²) in [6.45, 7) is 1.82. The molecule has 0 amide bonds. The zero-order chi connectivity index (χ0) is 6.57. The van der Waals surface area contributed by atoms with E-state index in [0.29, 0.717) is 6.42 Å². The minimum atomic E-state index is -0.699. The first-order chi connectivity index (χ1) is 3.66. The van der Waals surface area contributed by atoms with Gasteiger partial charge in [0.05, 0.1) is 0 Å². The molecule has 0 saturated carbocycles. The van der Waals surface area contributed by atoms with Crippen LogP contribution in [0.3, 0.4) is 0 Å². The lowest BCUT2D eigenvalue weighted by molar-refractivity contribution is -0.0806. The molecule has 0 aliphatic rings. The van der Waals surface area contributed by atoms with E-state index in [0.717, 1.165) is 0 Å². The van der Waals surface area contributed by atoms with Gasteiger partial charge in [-0.15, -0.1) is 0 Å². The number of rotatable bonds is 3. The molecule has 8 heavy (non-hydrogen) atoms. The lowest BCUT2D eigenvalue weighted by atomic mass is 10.2. The van der Waals surface area contributed by atoms with Gasteiger partial charge in [-0.2, -0.15) is 0 Å². The average Bonchev–Trinajstić information content (AvgIpc) is 1.65. The molecule has 0 spiro atoms. The minimum Gasteiger partial charge on any atom is -0.368 e. The summed E-state index contributed by atoms with van der Waals surface area (Å²) in [5.74, 6) is 0. The first-order valence-corrected chi connectivity index (χ1v) is 2.63. The fourth-order valence-corrected chi connectivity index (χ4v) is 0.414. The van der Waals surface area contributed by atoms with Gasteiger partial charge in [0.25, 0.3) is 0 Å². The van der Waals surface area contributed by atoms with E-state index >= 15 is 0 Å². The molecule has 0 aromatic heterocycles. The molecule has 0 aromatic carbocycles. The van der Waals surface area contributed by atoms with Crippen LogP contribution in [-0.4, -0.2) is 24.5 Å². The van der Waals surface area contributed by atoms with Crippen molar-refractivity contribution in [3.8, 4) is 0 Å². The van der Waals surface area contributed by atoms with Gasteiger partial charge in [-0.25, -0.2) is 0 Å². The minimum absolute atomic E-state index is 0.00458. The first kappa shape index (κ1) is 7.88.